The van der Waals surface area contributed by atoms with Crippen molar-refractivity contribution in [2.24, 2.45) is 0 Å². The SMILES string of the molecule is Fc1ccc(COc2ccc(-c3nc4ccccc4s3)cc2Br)cc1. The van der Waals surface area contributed by atoms with Gasteiger partial charge < -0.3 is 4.74 Å². The van der Waals surface area contributed by atoms with Gasteiger partial charge in [0.25, 0.3) is 0 Å². The largest absolute Gasteiger partial charge is 0.488 e. The Morgan fingerprint density at radius 2 is 1.80 bits per heavy atom. The first kappa shape index (κ1) is 16.2. The zero-order valence-electron chi connectivity index (χ0n) is 13.1. The Morgan fingerprint density at radius 3 is 2.56 bits per heavy atom. The van der Waals surface area contributed by atoms with Crippen LogP contribution >= 0.6 is 27.3 Å². The van der Waals surface area contributed by atoms with Gasteiger partial charge in [0.1, 0.15) is 23.2 Å². The van der Waals surface area contributed by atoms with E-state index < -0.39 is 0 Å². The molecule has 2 nitrogen and oxygen atoms in total. The number of halogens is 2. The number of benzene rings is 3. The number of aromatic nitrogens is 1. The highest BCUT2D eigenvalue weighted by molar-refractivity contribution is 9.10. The van der Waals surface area contributed by atoms with Crippen molar-refractivity contribution >= 4 is 37.5 Å². The van der Waals surface area contributed by atoms with Crippen LogP contribution in [-0.2, 0) is 6.61 Å². The van der Waals surface area contributed by atoms with Gasteiger partial charge in [-0.2, -0.15) is 0 Å². The number of thiazole rings is 1. The monoisotopic (exact) mass is 413 g/mol. The topological polar surface area (TPSA) is 22.1 Å². The smallest absolute Gasteiger partial charge is 0.134 e. The second kappa shape index (κ2) is 6.94. The summed E-state index contributed by atoms with van der Waals surface area (Å²) in [5.41, 5.74) is 2.97. The van der Waals surface area contributed by atoms with Crippen LogP contribution in [0.2, 0.25) is 0 Å². The van der Waals surface area contributed by atoms with Gasteiger partial charge in [-0.05, 0) is 64.0 Å². The minimum Gasteiger partial charge on any atom is -0.488 e. The van der Waals surface area contributed by atoms with E-state index in [1.807, 2.05) is 36.4 Å². The van der Waals surface area contributed by atoms with Gasteiger partial charge in [-0.25, -0.2) is 9.37 Å². The van der Waals surface area contributed by atoms with Crippen molar-refractivity contribution in [1.82, 2.24) is 4.98 Å². The third kappa shape index (κ3) is 3.57. The molecule has 25 heavy (non-hydrogen) atoms. The van der Waals surface area contributed by atoms with Gasteiger partial charge in [-0.1, -0.05) is 24.3 Å². The molecule has 4 rings (SSSR count). The minimum atomic E-state index is -0.245. The fourth-order valence-electron chi connectivity index (χ4n) is 2.49. The van der Waals surface area contributed by atoms with Crippen LogP contribution in [0.3, 0.4) is 0 Å². The average Bonchev–Trinajstić information content (AvgIpc) is 3.06. The fourth-order valence-corrected chi connectivity index (χ4v) is 3.94. The maximum absolute atomic E-state index is 12.9. The molecule has 0 radical (unpaired) electrons. The first-order chi connectivity index (χ1) is 12.2. The number of nitrogens with zero attached hydrogens (tertiary/aromatic N) is 1. The minimum absolute atomic E-state index is 0.245. The molecule has 124 valence electrons. The van der Waals surface area contributed by atoms with Crippen molar-refractivity contribution in [2.45, 2.75) is 6.61 Å². The van der Waals surface area contributed by atoms with Crippen molar-refractivity contribution in [2.75, 3.05) is 0 Å². The summed E-state index contributed by atoms with van der Waals surface area (Å²) in [4.78, 5) is 4.68. The van der Waals surface area contributed by atoms with E-state index in [9.17, 15) is 4.39 Å². The van der Waals surface area contributed by atoms with Gasteiger partial charge in [0.15, 0.2) is 0 Å². The second-order valence-corrected chi connectivity index (χ2v) is 7.43. The van der Waals surface area contributed by atoms with E-state index in [4.69, 9.17) is 4.74 Å². The van der Waals surface area contributed by atoms with E-state index in [1.165, 1.54) is 16.8 Å². The highest BCUT2D eigenvalue weighted by Crippen LogP contribution is 2.35. The number of ether oxygens (including phenoxy) is 1. The van der Waals surface area contributed by atoms with E-state index in [1.54, 1.807) is 23.5 Å². The van der Waals surface area contributed by atoms with Crippen LogP contribution in [0, 0.1) is 5.82 Å². The van der Waals surface area contributed by atoms with Crippen molar-refractivity contribution < 1.29 is 9.13 Å². The molecule has 0 aliphatic heterocycles. The highest BCUT2D eigenvalue weighted by atomic mass is 79.9. The Hall–Kier alpha value is -2.24. The van der Waals surface area contributed by atoms with Crippen LogP contribution in [0.5, 0.6) is 5.75 Å². The van der Waals surface area contributed by atoms with E-state index in [2.05, 4.69) is 27.0 Å². The van der Waals surface area contributed by atoms with Crippen LogP contribution in [0.25, 0.3) is 20.8 Å². The van der Waals surface area contributed by atoms with Crippen molar-refractivity contribution in [1.29, 1.82) is 0 Å². The van der Waals surface area contributed by atoms with Crippen LogP contribution < -0.4 is 4.74 Å². The van der Waals surface area contributed by atoms with Gasteiger partial charge >= 0.3 is 0 Å². The summed E-state index contributed by atoms with van der Waals surface area (Å²) in [6.07, 6.45) is 0. The maximum atomic E-state index is 12.9. The summed E-state index contributed by atoms with van der Waals surface area (Å²) in [7, 11) is 0. The quantitative estimate of drug-likeness (QED) is 0.383. The molecule has 5 heteroatoms. The summed E-state index contributed by atoms with van der Waals surface area (Å²) in [5, 5.41) is 0.979. The summed E-state index contributed by atoms with van der Waals surface area (Å²) < 4.78 is 20.8. The summed E-state index contributed by atoms with van der Waals surface area (Å²) in [5.74, 6) is 0.499. The molecule has 3 aromatic carbocycles. The van der Waals surface area contributed by atoms with Crippen molar-refractivity contribution in [3.63, 3.8) is 0 Å². The predicted octanol–water partition coefficient (Wildman–Crippen LogP) is 6.44. The predicted molar refractivity (Wildman–Crippen MR) is 103 cm³/mol. The first-order valence-electron chi connectivity index (χ1n) is 7.72. The third-order valence-corrected chi connectivity index (χ3v) is 5.49. The number of para-hydroxylation sites is 1. The Morgan fingerprint density at radius 1 is 1.00 bits per heavy atom. The Balaban J connectivity index is 1.54. The molecule has 0 atom stereocenters. The molecule has 0 fully saturated rings. The van der Waals surface area contributed by atoms with Gasteiger partial charge in [0.2, 0.25) is 0 Å². The zero-order chi connectivity index (χ0) is 17.2. The number of fused-ring (bicyclic) bond motifs is 1. The van der Waals surface area contributed by atoms with E-state index in [-0.39, 0.29) is 5.82 Å². The number of hydrogen-bond acceptors (Lipinski definition) is 3. The molecule has 0 amide bonds. The molecule has 0 spiro atoms. The Kier molecular flexibility index (Phi) is 4.51. The summed E-state index contributed by atoms with van der Waals surface area (Å²) >= 11 is 5.23. The van der Waals surface area contributed by atoms with Crippen LogP contribution in [-0.4, -0.2) is 4.98 Å². The molecule has 1 aromatic heterocycles. The first-order valence-corrected chi connectivity index (χ1v) is 9.33. The molecule has 0 saturated carbocycles. The Bertz CT molecular complexity index is 996. The molecule has 0 saturated heterocycles. The van der Waals surface area contributed by atoms with Gasteiger partial charge in [0.05, 0.1) is 14.7 Å². The van der Waals surface area contributed by atoms with Gasteiger partial charge in [-0.3, -0.25) is 0 Å². The maximum Gasteiger partial charge on any atom is 0.134 e. The molecular weight excluding hydrogens is 401 g/mol. The van der Waals surface area contributed by atoms with Crippen molar-refractivity contribution in [3.05, 3.63) is 82.6 Å². The molecule has 0 unspecified atom stereocenters. The average molecular weight is 414 g/mol. The van der Waals surface area contributed by atoms with E-state index >= 15 is 0 Å². The van der Waals surface area contributed by atoms with E-state index in [0.29, 0.717) is 6.61 Å². The molecule has 0 aliphatic carbocycles. The number of hydrogen-bond donors (Lipinski definition) is 0. The Labute approximate surface area is 157 Å². The normalized spacial score (nSPS) is 11.0. The zero-order valence-corrected chi connectivity index (χ0v) is 15.5. The highest BCUT2D eigenvalue weighted by Gasteiger charge is 2.09. The molecule has 1 heterocycles. The lowest BCUT2D eigenvalue weighted by Crippen LogP contribution is -1.96. The summed E-state index contributed by atoms with van der Waals surface area (Å²) in [6.45, 7) is 0.388. The van der Waals surface area contributed by atoms with Gasteiger partial charge in [0, 0.05) is 5.56 Å². The summed E-state index contributed by atoms with van der Waals surface area (Å²) in [6, 6.07) is 20.4. The standard InChI is InChI=1S/C20H13BrFNOS/c21-16-11-14(20-23-17-3-1-2-4-19(17)25-20)7-10-18(16)24-12-13-5-8-15(22)9-6-13/h1-11H,12H2. The lowest BCUT2D eigenvalue weighted by Gasteiger charge is -2.09. The fraction of sp³-hybridized carbons (Fsp3) is 0.0500. The third-order valence-electron chi connectivity index (χ3n) is 3.78. The lowest BCUT2D eigenvalue weighted by molar-refractivity contribution is 0.304. The van der Waals surface area contributed by atoms with Crippen LogP contribution in [0.15, 0.2) is 71.2 Å². The molecular formula is C20H13BrFNOS. The molecule has 0 N–H and O–H groups in total. The molecule has 0 aliphatic rings. The van der Waals surface area contributed by atoms with E-state index in [0.717, 1.165) is 31.9 Å². The molecule has 4 aromatic rings. The number of rotatable bonds is 4. The van der Waals surface area contributed by atoms with Crippen LogP contribution in [0.1, 0.15) is 5.56 Å². The molecule has 0 bridgehead atoms. The second-order valence-electron chi connectivity index (χ2n) is 5.55. The lowest BCUT2D eigenvalue weighted by atomic mass is 10.2. The van der Waals surface area contributed by atoms with Crippen LogP contribution in [0.4, 0.5) is 4.39 Å². The van der Waals surface area contributed by atoms with Crippen molar-refractivity contribution in [3.8, 4) is 16.3 Å². The van der Waals surface area contributed by atoms with Gasteiger partial charge in [-0.15, -0.1) is 11.3 Å².